The number of thioether (sulfide) groups is 1. The lowest BCUT2D eigenvalue weighted by Gasteiger charge is -2.09. The van der Waals surface area contributed by atoms with E-state index in [1.165, 1.54) is 10.5 Å². The van der Waals surface area contributed by atoms with Crippen molar-refractivity contribution < 1.29 is 0 Å². The normalized spacial score (nSPS) is 20.7. The van der Waals surface area contributed by atoms with Crippen LogP contribution in [0.4, 0.5) is 0 Å². The maximum absolute atomic E-state index is 12.3. The molecule has 0 saturated heterocycles. The van der Waals surface area contributed by atoms with Gasteiger partial charge < -0.3 is 0 Å². The van der Waals surface area contributed by atoms with Crippen molar-refractivity contribution in [3.63, 3.8) is 0 Å². The number of fused-ring (bicyclic) bond motifs is 2. The highest BCUT2D eigenvalue weighted by Crippen LogP contribution is 2.37. The average Bonchev–Trinajstić information content (AvgIpc) is 3.01. The first-order chi connectivity index (χ1) is 9.81. The fourth-order valence-electron chi connectivity index (χ4n) is 3.12. The second-order valence-electron chi connectivity index (χ2n) is 5.54. The Balaban J connectivity index is 1.57. The maximum atomic E-state index is 12.3. The molecular formula is C15H17N3OS. The predicted molar refractivity (Wildman–Crippen MR) is 79.2 cm³/mol. The Hall–Kier alpha value is -1.49. The lowest BCUT2D eigenvalue weighted by molar-refractivity contribution is 0.510. The smallest absolute Gasteiger partial charge is 0.279 e. The lowest BCUT2D eigenvalue weighted by atomic mass is 10.1. The summed E-state index contributed by atoms with van der Waals surface area (Å²) in [4.78, 5) is 13.7. The third-order valence-electron chi connectivity index (χ3n) is 4.12. The van der Waals surface area contributed by atoms with Crippen molar-refractivity contribution in [3.8, 4) is 0 Å². The summed E-state index contributed by atoms with van der Waals surface area (Å²) in [7, 11) is 0. The van der Waals surface area contributed by atoms with Crippen LogP contribution >= 0.6 is 11.8 Å². The van der Waals surface area contributed by atoms with E-state index in [0.717, 1.165) is 44.6 Å². The minimum absolute atomic E-state index is 0.0799. The zero-order chi connectivity index (χ0) is 13.5. The molecule has 0 saturated carbocycles. The highest BCUT2D eigenvalue weighted by Gasteiger charge is 2.24. The van der Waals surface area contributed by atoms with Crippen LogP contribution in [0.15, 0.2) is 34.0 Å². The van der Waals surface area contributed by atoms with E-state index in [1.54, 1.807) is 4.68 Å². The molecule has 3 heterocycles. The number of nitrogens with zero attached hydrogens (tertiary/aromatic N) is 3. The van der Waals surface area contributed by atoms with Crippen LogP contribution in [0.5, 0.6) is 0 Å². The molecule has 0 aliphatic carbocycles. The molecule has 2 aliphatic rings. The van der Waals surface area contributed by atoms with Crippen molar-refractivity contribution in [1.29, 1.82) is 0 Å². The van der Waals surface area contributed by atoms with Crippen molar-refractivity contribution in [1.82, 2.24) is 14.3 Å². The molecule has 2 aromatic rings. The summed E-state index contributed by atoms with van der Waals surface area (Å²) in [6, 6.07) is 8.52. The number of hydrogen-bond acceptors (Lipinski definition) is 3. The molecular weight excluding hydrogens is 270 g/mol. The Labute approximate surface area is 121 Å². The molecule has 1 aromatic heterocycles. The van der Waals surface area contributed by atoms with Gasteiger partial charge in [0.2, 0.25) is 0 Å². The van der Waals surface area contributed by atoms with E-state index in [-0.39, 0.29) is 5.69 Å². The molecule has 4 rings (SSSR count). The minimum atomic E-state index is 0.0799. The fraction of sp³-hybridized carbons (Fsp3) is 0.467. The van der Waals surface area contributed by atoms with Gasteiger partial charge in [0.1, 0.15) is 5.82 Å². The monoisotopic (exact) mass is 287 g/mol. The van der Waals surface area contributed by atoms with Crippen molar-refractivity contribution in [2.75, 3.05) is 0 Å². The largest absolute Gasteiger partial charge is 0.345 e. The van der Waals surface area contributed by atoms with Crippen LogP contribution in [0.25, 0.3) is 0 Å². The Morgan fingerprint density at radius 2 is 2.20 bits per heavy atom. The fourth-order valence-corrected chi connectivity index (χ4v) is 4.41. The SMILES string of the molecule is O=c1n(CC2Cc3ccccc3S2)nc2n1CCCC2. The topological polar surface area (TPSA) is 39.8 Å². The number of rotatable bonds is 2. The number of aromatic nitrogens is 3. The summed E-state index contributed by atoms with van der Waals surface area (Å²) in [6.07, 6.45) is 4.23. The molecule has 20 heavy (non-hydrogen) atoms. The minimum Gasteiger partial charge on any atom is -0.279 e. The van der Waals surface area contributed by atoms with Gasteiger partial charge in [-0.2, -0.15) is 5.10 Å². The number of benzene rings is 1. The standard InChI is InChI=1S/C15H17N3OS/c19-15-17-8-4-3-7-14(17)16-18(15)10-12-9-11-5-1-2-6-13(11)20-12/h1-2,5-6,12H,3-4,7-10H2. The molecule has 1 atom stereocenters. The Kier molecular flexibility index (Phi) is 2.95. The quantitative estimate of drug-likeness (QED) is 0.849. The Morgan fingerprint density at radius 3 is 3.05 bits per heavy atom. The molecule has 1 aromatic carbocycles. The van der Waals surface area contributed by atoms with E-state index in [0.29, 0.717) is 5.25 Å². The average molecular weight is 287 g/mol. The van der Waals surface area contributed by atoms with Crippen molar-refractivity contribution >= 4 is 11.8 Å². The molecule has 1 unspecified atom stereocenters. The molecule has 2 aliphatic heterocycles. The predicted octanol–water partition coefficient (Wildman–Crippen LogP) is 2.10. The summed E-state index contributed by atoms with van der Waals surface area (Å²) in [6.45, 7) is 1.56. The second-order valence-corrected chi connectivity index (χ2v) is 6.88. The Bertz CT molecular complexity index is 678. The van der Waals surface area contributed by atoms with Gasteiger partial charge >= 0.3 is 5.69 Å². The van der Waals surface area contributed by atoms with E-state index in [2.05, 4.69) is 29.4 Å². The van der Waals surface area contributed by atoms with Crippen LogP contribution < -0.4 is 5.69 Å². The molecule has 0 bridgehead atoms. The van der Waals surface area contributed by atoms with Crippen LogP contribution in [0.1, 0.15) is 24.2 Å². The molecule has 0 N–H and O–H groups in total. The second kappa shape index (κ2) is 4.81. The third-order valence-corrected chi connectivity index (χ3v) is 5.42. The van der Waals surface area contributed by atoms with Gasteiger partial charge in [0.25, 0.3) is 0 Å². The summed E-state index contributed by atoms with van der Waals surface area (Å²) in [5.41, 5.74) is 1.48. The first-order valence-corrected chi connectivity index (χ1v) is 8.10. The number of hydrogen-bond donors (Lipinski definition) is 0. The van der Waals surface area contributed by atoms with Crippen molar-refractivity contribution in [2.24, 2.45) is 0 Å². The van der Waals surface area contributed by atoms with Crippen LogP contribution in [0.2, 0.25) is 0 Å². The van der Waals surface area contributed by atoms with Crippen LogP contribution in [0, 0.1) is 0 Å². The van der Waals surface area contributed by atoms with E-state index in [9.17, 15) is 4.79 Å². The molecule has 5 heteroatoms. The highest BCUT2D eigenvalue weighted by atomic mass is 32.2. The zero-order valence-corrected chi connectivity index (χ0v) is 12.1. The third kappa shape index (κ3) is 2.00. The zero-order valence-electron chi connectivity index (χ0n) is 11.3. The Morgan fingerprint density at radius 1 is 1.30 bits per heavy atom. The van der Waals surface area contributed by atoms with Crippen LogP contribution in [-0.2, 0) is 25.9 Å². The molecule has 0 radical (unpaired) electrons. The summed E-state index contributed by atoms with van der Waals surface area (Å²) in [5, 5.41) is 4.96. The van der Waals surface area contributed by atoms with Gasteiger partial charge in [0.15, 0.2) is 0 Å². The van der Waals surface area contributed by atoms with Crippen LogP contribution in [0.3, 0.4) is 0 Å². The van der Waals surface area contributed by atoms with Crippen LogP contribution in [-0.4, -0.2) is 19.6 Å². The number of aryl methyl sites for hydroxylation is 1. The van der Waals surface area contributed by atoms with E-state index >= 15 is 0 Å². The van der Waals surface area contributed by atoms with E-state index in [1.807, 2.05) is 16.3 Å². The summed E-state index contributed by atoms with van der Waals surface area (Å²) < 4.78 is 3.54. The molecule has 104 valence electrons. The molecule has 4 nitrogen and oxygen atoms in total. The van der Waals surface area contributed by atoms with Gasteiger partial charge in [-0.05, 0) is 30.9 Å². The van der Waals surface area contributed by atoms with E-state index in [4.69, 9.17) is 0 Å². The summed E-state index contributed by atoms with van der Waals surface area (Å²) >= 11 is 1.88. The maximum Gasteiger partial charge on any atom is 0.345 e. The van der Waals surface area contributed by atoms with E-state index < -0.39 is 0 Å². The van der Waals surface area contributed by atoms with Gasteiger partial charge in [-0.15, -0.1) is 11.8 Å². The molecule has 0 amide bonds. The highest BCUT2D eigenvalue weighted by molar-refractivity contribution is 8.00. The first-order valence-electron chi connectivity index (χ1n) is 7.22. The lowest BCUT2D eigenvalue weighted by Crippen LogP contribution is -2.29. The van der Waals surface area contributed by atoms with Gasteiger partial charge in [-0.1, -0.05) is 18.2 Å². The van der Waals surface area contributed by atoms with Crippen molar-refractivity contribution in [3.05, 3.63) is 46.1 Å². The molecule has 0 spiro atoms. The van der Waals surface area contributed by atoms with Gasteiger partial charge in [0.05, 0.1) is 6.54 Å². The van der Waals surface area contributed by atoms with Gasteiger partial charge in [-0.25, -0.2) is 9.48 Å². The summed E-state index contributed by atoms with van der Waals surface area (Å²) in [5.74, 6) is 0.974. The van der Waals surface area contributed by atoms with Crippen molar-refractivity contribution in [2.45, 2.75) is 48.9 Å². The molecule has 0 fully saturated rings. The van der Waals surface area contributed by atoms with Gasteiger partial charge in [-0.3, -0.25) is 4.57 Å². The first kappa shape index (κ1) is 12.3. The van der Waals surface area contributed by atoms with Gasteiger partial charge in [0, 0.05) is 23.1 Å².